The van der Waals surface area contributed by atoms with Crippen molar-refractivity contribution in [1.29, 1.82) is 0 Å². The van der Waals surface area contributed by atoms with Crippen LogP contribution in [0, 0.1) is 17.8 Å². The third-order valence-electron chi connectivity index (χ3n) is 3.18. The van der Waals surface area contributed by atoms with Gasteiger partial charge in [0.05, 0.1) is 11.5 Å². The average Bonchev–Trinajstić information content (AvgIpc) is 2.77. The first-order valence-electron chi connectivity index (χ1n) is 4.90. The molecule has 2 rings (SSSR count). The Morgan fingerprint density at radius 2 is 1.86 bits per heavy atom. The number of rotatable bonds is 4. The normalized spacial score (nSPS) is 28.0. The minimum Gasteiger partial charge on any atom is -0.481 e. The number of sulfone groups is 1. The Morgan fingerprint density at radius 1 is 1.29 bits per heavy atom. The maximum atomic E-state index is 11.0. The molecule has 0 amide bonds. The maximum Gasteiger partial charge on any atom is 0.303 e. The van der Waals surface area contributed by atoms with E-state index < -0.39 is 15.8 Å². The van der Waals surface area contributed by atoms with Crippen LogP contribution in [0.4, 0.5) is 0 Å². The second kappa shape index (κ2) is 3.22. The minimum atomic E-state index is -2.81. The quantitative estimate of drug-likeness (QED) is 0.747. The van der Waals surface area contributed by atoms with E-state index in [0.717, 1.165) is 12.8 Å². The molecular weight excluding hydrogens is 204 g/mol. The van der Waals surface area contributed by atoms with Crippen molar-refractivity contribution < 1.29 is 18.3 Å². The topological polar surface area (TPSA) is 71.4 Å². The Balaban J connectivity index is 1.95. The average molecular weight is 218 g/mol. The second-order valence-electron chi connectivity index (χ2n) is 4.44. The van der Waals surface area contributed by atoms with Gasteiger partial charge in [0.15, 0.2) is 9.84 Å². The number of carboxylic acids is 1. The van der Waals surface area contributed by atoms with Crippen LogP contribution in [0.25, 0.3) is 0 Å². The molecule has 0 aromatic carbocycles. The van der Waals surface area contributed by atoms with Gasteiger partial charge in [0.2, 0.25) is 0 Å². The van der Waals surface area contributed by atoms with E-state index in [4.69, 9.17) is 5.11 Å². The molecule has 14 heavy (non-hydrogen) atoms. The molecule has 1 heterocycles. The third-order valence-corrected chi connectivity index (χ3v) is 5.05. The van der Waals surface area contributed by atoms with Crippen molar-refractivity contribution in [3.63, 3.8) is 0 Å². The molecule has 2 aliphatic rings. The van der Waals surface area contributed by atoms with Gasteiger partial charge in [-0.2, -0.15) is 0 Å². The van der Waals surface area contributed by atoms with Crippen LogP contribution in [0.2, 0.25) is 0 Å². The van der Waals surface area contributed by atoms with Gasteiger partial charge < -0.3 is 5.11 Å². The lowest BCUT2D eigenvalue weighted by atomic mass is 9.87. The zero-order valence-electron chi connectivity index (χ0n) is 7.85. The van der Waals surface area contributed by atoms with Crippen LogP contribution in [-0.2, 0) is 14.6 Å². The van der Waals surface area contributed by atoms with Gasteiger partial charge in [-0.1, -0.05) is 0 Å². The van der Waals surface area contributed by atoms with Crippen molar-refractivity contribution >= 4 is 15.8 Å². The van der Waals surface area contributed by atoms with Crippen LogP contribution in [0.1, 0.15) is 19.3 Å². The van der Waals surface area contributed by atoms with Gasteiger partial charge >= 0.3 is 5.97 Å². The van der Waals surface area contributed by atoms with Gasteiger partial charge in [0.25, 0.3) is 0 Å². The molecule has 5 heteroatoms. The van der Waals surface area contributed by atoms with Crippen LogP contribution < -0.4 is 0 Å². The van der Waals surface area contributed by atoms with Crippen molar-refractivity contribution in [1.82, 2.24) is 0 Å². The molecular formula is C9H14O4S. The Morgan fingerprint density at radius 3 is 2.21 bits per heavy atom. The van der Waals surface area contributed by atoms with Gasteiger partial charge in [0, 0.05) is 6.42 Å². The summed E-state index contributed by atoms with van der Waals surface area (Å²) in [5.41, 5.74) is 0. The summed E-state index contributed by atoms with van der Waals surface area (Å²) in [6, 6.07) is 0. The molecule has 1 saturated carbocycles. The highest BCUT2D eigenvalue weighted by atomic mass is 32.2. The zero-order chi connectivity index (χ0) is 10.3. The highest BCUT2D eigenvalue weighted by Gasteiger charge is 2.45. The standard InChI is InChI=1S/C9H14O4S/c10-9(11)3-8(6-1-2-6)7-4-14(12,13)5-7/h6-8H,1-5H2,(H,10,11). The molecule has 1 aliphatic heterocycles. The van der Waals surface area contributed by atoms with Crippen molar-refractivity contribution in [2.75, 3.05) is 11.5 Å². The summed E-state index contributed by atoms with van der Waals surface area (Å²) in [5, 5.41) is 8.71. The van der Waals surface area contributed by atoms with E-state index in [1.807, 2.05) is 0 Å². The van der Waals surface area contributed by atoms with E-state index >= 15 is 0 Å². The Bertz CT molecular complexity index is 330. The second-order valence-corrected chi connectivity index (χ2v) is 6.59. The predicted octanol–water partition coefficient (Wildman–Crippen LogP) is 0.532. The minimum absolute atomic E-state index is 0.107. The molecule has 0 aromatic rings. The first kappa shape index (κ1) is 9.96. The molecule has 1 saturated heterocycles. The van der Waals surface area contributed by atoms with Crippen molar-refractivity contribution in [2.45, 2.75) is 19.3 Å². The number of hydrogen-bond acceptors (Lipinski definition) is 3. The number of carboxylic acid groups (broad SMARTS) is 1. The summed E-state index contributed by atoms with van der Waals surface area (Å²) in [6.45, 7) is 0. The molecule has 1 unspecified atom stereocenters. The van der Waals surface area contributed by atoms with Crippen LogP contribution in [-0.4, -0.2) is 31.0 Å². The molecule has 1 atom stereocenters. The van der Waals surface area contributed by atoms with E-state index in [0.29, 0.717) is 5.92 Å². The monoisotopic (exact) mass is 218 g/mol. The summed E-state index contributed by atoms with van der Waals surface area (Å²) >= 11 is 0. The third kappa shape index (κ3) is 2.08. The smallest absolute Gasteiger partial charge is 0.303 e. The highest BCUT2D eigenvalue weighted by Crippen LogP contribution is 2.45. The molecule has 80 valence electrons. The number of aliphatic carboxylic acids is 1. The van der Waals surface area contributed by atoms with Gasteiger partial charge in [-0.3, -0.25) is 4.79 Å². The molecule has 2 fully saturated rings. The zero-order valence-corrected chi connectivity index (χ0v) is 8.66. The van der Waals surface area contributed by atoms with Crippen molar-refractivity contribution in [3.8, 4) is 0 Å². The van der Waals surface area contributed by atoms with Crippen LogP contribution in [0.5, 0.6) is 0 Å². The SMILES string of the molecule is O=C(O)CC(C1CC1)C1CS(=O)(=O)C1. The lowest BCUT2D eigenvalue weighted by Crippen LogP contribution is -2.42. The molecule has 0 aromatic heterocycles. The van der Waals surface area contributed by atoms with E-state index in [-0.39, 0.29) is 29.8 Å². The fourth-order valence-electron chi connectivity index (χ4n) is 2.29. The fraction of sp³-hybridized carbons (Fsp3) is 0.889. The summed E-state index contributed by atoms with van der Waals surface area (Å²) in [6.07, 6.45) is 2.30. The van der Waals surface area contributed by atoms with Crippen LogP contribution in [0.3, 0.4) is 0 Å². The number of carbonyl (C=O) groups is 1. The molecule has 0 bridgehead atoms. The Hall–Kier alpha value is -0.580. The summed E-state index contributed by atoms with van der Waals surface area (Å²) < 4.78 is 22.0. The molecule has 0 radical (unpaired) electrons. The van der Waals surface area contributed by atoms with E-state index in [1.165, 1.54) is 0 Å². The van der Waals surface area contributed by atoms with Gasteiger partial charge in [-0.15, -0.1) is 0 Å². The summed E-state index contributed by atoms with van der Waals surface area (Å²) in [4.78, 5) is 10.6. The first-order valence-corrected chi connectivity index (χ1v) is 6.72. The molecule has 1 aliphatic carbocycles. The lowest BCUT2D eigenvalue weighted by molar-refractivity contribution is -0.138. The van der Waals surface area contributed by atoms with Gasteiger partial charge in [-0.05, 0) is 30.6 Å². The molecule has 0 spiro atoms. The van der Waals surface area contributed by atoms with E-state index in [9.17, 15) is 13.2 Å². The lowest BCUT2D eigenvalue weighted by Gasteiger charge is -2.32. The molecule has 1 N–H and O–H groups in total. The summed E-state index contributed by atoms with van der Waals surface area (Å²) in [5.74, 6) is 0.320. The largest absolute Gasteiger partial charge is 0.481 e. The van der Waals surface area contributed by atoms with Gasteiger partial charge in [-0.25, -0.2) is 8.42 Å². The summed E-state index contributed by atoms with van der Waals surface area (Å²) in [7, 11) is -2.81. The van der Waals surface area contributed by atoms with E-state index in [2.05, 4.69) is 0 Å². The number of hydrogen-bond donors (Lipinski definition) is 1. The maximum absolute atomic E-state index is 11.0. The van der Waals surface area contributed by atoms with Crippen LogP contribution in [0.15, 0.2) is 0 Å². The fourth-order valence-corrected chi connectivity index (χ4v) is 4.00. The Kier molecular flexibility index (Phi) is 2.29. The first-order chi connectivity index (χ1) is 6.48. The van der Waals surface area contributed by atoms with Crippen LogP contribution >= 0.6 is 0 Å². The Labute approximate surface area is 83.2 Å². The van der Waals surface area contributed by atoms with Crippen molar-refractivity contribution in [3.05, 3.63) is 0 Å². The van der Waals surface area contributed by atoms with Gasteiger partial charge in [0.1, 0.15) is 0 Å². The van der Waals surface area contributed by atoms with Crippen molar-refractivity contribution in [2.24, 2.45) is 17.8 Å². The predicted molar refractivity (Wildman–Crippen MR) is 50.6 cm³/mol. The van der Waals surface area contributed by atoms with E-state index in [1.54, 1.807) is 0 Å². The molecule has 4 nitrogen and oxygen atoms in total. The highest BCUT2D eigenvalue weighted by molar-refractivity contribution is 7.92.